The molecule has 258 valence electrons. The molecule has 2 radical (unpaired) electrons. The van der Waals surface area contributed by atoms with Crippen LogP contribution in [0.1, 0.15) is 182 Å². The first-order valence-electron chi connectivity index (χ1n) is 17.4. The molecular formula is C32H68O4P2S4Sn. The van der Waals surface area contributed by atoms with Gasteiger partial charge in [-0.05, 0) is 25.7 Å². The van der Waals surface area contributed by atoms with Crippen LogP contribution in [0.4, 0.5) is 0 Å². The Labute approximate surface area is 307 Å². The minimum absolute atomic E-state index is 0. The van der Waals surface area contributed by atoms with Crippen LogP contribution in [0.25, 0.3) is 0 Å². The van der Waals surface area contributed by atoms with Crippen molar-refractivity contribution in [1.82, 2.24) is 0 Å². The standard InChI is InChI=1S/2C16H35O2PS2.Sn/c2*1-3-5-7-9-11-13-15-17-19(20,21)18-16-14-12-10-8-6-4-2;/h2*3-16H2,1-2H3,(H,20,21);/q;;+2/p-2. The van der Waals surface area contributed by atoms with Crippen LogP contribution in [0.5, 0.6) is 0 Å². The molecule has 0 aromatic rings. The smallest absolute Gasteiger partial charge is 0.691 e. The zero-order valence-electron chi connectivity index (χ0n) is 28.5. The van der Waals surface area contributed by atoms with E-state index in [2.05, 4.69) is 27.7 Å². The van der Waals surface area contributed by atoms with Crippen molar-refractivity contribution in [2.45, 2.75) is 182 Å². The second kappa shape index (κ2) is 39.1. The van der Waals surface area contributed by atoms with E-state index in [-0.39, 0.29) is 23.9 Å². The molecule has 0 aromatic heterocycles. The van der Waals surface area contributed by atoms with Gasteiger partial charge in [-0.15, -0.1) is 0 Å². The van der Waals surface area contributed by atoms with E-state index in [4.69, 9.17) is 66.2 Å². The van der Waals surface area contributed by atoms with E-state index in [0.29, 0.717) is 26.4 Å². The van der Waals surface area contributed by atoms with Gasteiger partial charge in [0.25, 0.3) is 0 Å². The van der Waals surface area contributed by atoms with Crippen molar-refractivity contribution in [2.75, 3.05) is 26.4 Å². The molecule has 0 aliphatic heterocycles. The Morgan fingerprint density at radius 2 is 0.512 bits per heavy atom. The molecular weight excluding hydrogens is 757 g/mol. The molecule has 0 rings (SSSR count). The molecule has 0 N–H and O–H groups in total. The molecule has 0 atom stereocenters. The van der Waals surface area contributed by atoms with E-state index >= 15 is 0 Å². The van der Waals surface area contributed by atoms with Crippen LogP contribution in [0, 0.1) is 0 Å². The number of rotatable bonds is 32. The van der Waals surface area contributed by atoms with Crippen molar-refractivity contribution in [2.24, 2.45) is 0 Å². The predicted octanol–water partition coefficient (Wildman–Crippen LogP) is 12.6. The summed E-state index contributed by atoms with van der Waals surface area (Å²) < 4.78 is 22.4. The van der Waals surface area contributed by atoms with Crippen LogP contribution < -0.4 is 0 Å². The molecule has 0 amide bonds. The summed E-state index contributed by atoms with van der Waals surface area (Å²) >= 11 is 21.1. The summed E-state index contributed by atoms with van der Waals surface area (Å²) in [7, 11) is 0. The molecule has 0 aromatic carbocycles. The van der Waals surface area contributed by atoms with Crippen molar-refractivity contribution in [3.63, 3.8) is 0 Å². The van der Waals surface area contributed by atoms with E-state index in [1.54, 1.807) is 0 Å². The van der Waals surface area contributed by atoms with Crippen molar-refractivity contribution in [1.29, 1.82) is 0 Å². The molecule has 0 fully saturated rings. The van der Waals surface area contributed by atoms with Gasteiger partial charge in [-0.1, -0.05) is 180 Å². The number of unbranched alkanes of at least 4 members (excludes halogenated alkanes) is 20. The second-order valence-corrected chi connectivity index (χ2v) is 21.3. The fraction of sp³-hybridized carbons (Fsp3) is 1.00. The van der Waals surface area contributed by atoms with Crippen LogP contribution in [0.2, 0.25) is 0 Å². The Balaban J connectivity index is -0.000000727. The third kappa shape index (κ3) is 44.6. The van der Waals surface area contributed by atoms with E-state index in [1.807, 2.05) is 0 Å². The zero-order valence-corrected chi connectivity index (χ0v) is 36.4. The predicted molar refractivity (Wildman–Crippen MR) is 206 cm³/mol. The number of hydrogen-bond donors (Lipinski definition) is 0. The monoisotopic (exact) mass is 826 g/mol. The molecule has 0 bridgehead atoms. The number of hydrogen-bond acceptors (Lipinski definition) is 8. The Bertz CT molecular complexity index is 540. The molecule has 43 heavy (non-hydrogen) atoms. The molecule has 0 aliphatic carbocycles. The molecule has 0 unspecified atom stereocenters. The van der Waals surface area contributed by atoms with E-state index in [0.717, 1.165) is 25.7 Å². The average molecular weight is 826 g/mol. The average Bonchev–Trinajstić information content (AvgIpc) is 2.95. The molecule has 0 spiro atoms. The fourth-order valence-corrected chi connectivity index (χ4v) is 7.66. The molecule has 0 saturated heterocycles. The second-order valence-electron chi connectivity index (χ2n) is 11.3. The first-order valence-corrected chi connectivity index (χ1v) is 24.7. The minimum Gasteiger partial charge on any atom is -0.691 e. The van der Waals surface area contributed by atoms with E-state index in [1.165, 1.54) is 128 Å². The summed E-state index contributed by atoms with van der Waals surface area (Å²) in [4.78, 5) is 0. The Hall–Kier alpha value is 2.64. The Morgan fingerprint density at radius 3 is 0.698 bits per heavy atom. The van der Waals surface area contributed by atoms with Gasteiger partial charge in [0, 0.05) is 0 Å². The molecule has 4 nitrogen and oxygen atoms in total. The van der Waals surface area contributed by atoms with Crippen LogP contribution in [0.3, 0.4) is 0 Å². The summed E-state index contributed by atoms with van der Waals surface area (Å²) in [6.07, 6.45) is 30.0. The van der Waals surface area contributed by atoms with Gasteiger partial charge in [0.2, 0.25) is 0 Å². The largest absolute Gasteiger partial charge is 2.00 e. The summed E-state index contributed by atoms with van der Waals surface area (Å²) in [5, 5.41) is 0. The SMILES string of the molecule is CCCCCCCCOP(=S)([S-])OCCCCCCCC.CCCCCCCCOP(=S)([S-])OCCCCCCCC.[Sn+2]. The van der Waals surface area contributed by atoms with E-state index in [9.17, 15) is 0 Å². The molecule has 0 aliphatic rings. The van der Waals surface area contributed by atoms with Crippen molar-refractivity contribution in [3.8, 4) is 0 Å². The van der Waals surface area contributed by atoms with Gasteiger partial charge >= 0.3 is 23.9 Å². The summed E-state index contributed by atoms with van der Waals surface area (Å²) in [6.45, 7) is 11.6. The summed E-state index contributed by atoms with van der Waals surface area (Å²) in [5.41, 5.74) is -4.80. The van der Waals surface area contributed by atoms with Crippen LogP contribution in [-0.4, -0.2) is 50.3 Å². The molecule has 11 heteroatoms. The van der Waals surface area contributed by atoms with Crippen LogP contribution in [0.15, 0.2) is 0 Å². The summed E-state index contributed by atoms with van der Waals surface area (Å²) in [6, 6.07) is 0. The fourth-order valence-electron chi connectivity index (χ4n) is 4.31. The minimum atomic E-state index is -2.40. The van der Waals surface area contributed by atoms with Crippen LogP contribution >= 0.6 is 11.4 Å². The quantitative estimate of drug-likeness (QED) is 0.0287. The van der Waals surface area contributed by atoms with Gasteiger partial charge < -0.3 is 42.6 Å². The van der Waals surface area contributed by atoms with Gasteiger partial charge in [0.15, 0.2) is 0 Å². The maximum atomic E-state index is 5.60. The Kier molecular flexibility index (Phi) is 45.5. The van der Waals surface area contributed by atoms with Gasteiger partial charge in [0.05, 0.1) is 37.8 Å². The molecule has 0 heterocycles. The maximum absolute atomic E-state index is 5.60. The maximum Gasteiger partial charge on any atom is 2.00 e. The topological polar surface area (TPSA) is 36.9 Å². The first kappa shape index (κ1) is 50.0. The molecule has 0 saturated carbocycles. The van der Waals surface area contributed by atoms with Gasteiger partial charge in [-0.25, -0.2) is 0 Å². The third-order valence-corrected chi connectivity index (χ3v) is 11.5. The first-order chi connectivity index (χ1) is 20.2. The van der Waals surface area contributed by atoms with Crippen molar-refractivity contribution < 1.29 is 18.1 Å². The van der Waals surface area contributed by atoms with Gasteiger partial charge in [-0.2, -0.15) is 0 Å². The normalized spacial score (nSPS) is 11.7. The Morgan fingerprint density at radius 1 is 0.349 bits per heavy atom. The van der Waals surface area contributed by atoms with Crippen molar-refractivity contribution in [3.05, 3.63) is 0 Å². The van der Waals surface area contributed by atoms with Crippen molar-refractivity contribution >= 4 is 83.4 Å². The summed E-state index contributed by atoms with van der Waals surface area (Å²) in [5.74, 6) is 0. The zero-order chi connectivity index (χ0) is 31.6. The van der Waals surface area contributed by atoms with Gasteiger partial charge in [-0.3, -0.25) is 0 Å². The van der Waals surface area contributed by atoms with Crippen LogP contribution in [-0.2, 0) is 66.2 Å². The van der Waals surface area contributed by atoms with E-state index < -0.39 is 11.4 Å². The van der Waals surface area contributed by atoms with Gasteiger partial charge in [0.1, 0.15) is 0 Å². The third-order valence-electron chi connectivity index (χ3n) is 6.99.